The fourth-order valence-corrected chi connectivity index (χ4v) is 2.57. The van der Waals surface area contributed by atoms with Crippen LogP contribution < -0.4 is 10.6 Å². The van der Waals surface area contributed by atoms with Gasteiger partial charge in [-0.2, -0.15) is 26.3 Å². The second-order valence-electron chi connectivity index (χ2n) is 6.22. The number of benzene rings is 2. The molecule has 2 aromatic carbocycles. The zero-order valence-corrected chi connectivity index (χ0v) is 16.0. The third-order valence-corrected chi connectivity index (χ3v) is 4.02. The molecule has 1 amide bonds. The first-order valence-corrected chi connectivity index (χ1v) is 8.69. The molecule has 1 unspecified atom stereocenters. The Morgan fingerprint density at radius 2 is 1.50 bits per heavy atom. The van der Waals surface area contributed by atoms with Crippen molar-refractivity contribution < 1.29 is 49.4 Å². The number of carbonyl (C=O) groups is 2. The predicted octanol–water partition coefficient (Wildman–Crippen LogP) is 4.65. The monoisotopic (exact) mass is 470 g/mol. The van der Waals surface area contributed by atoms with Gasteiger partial charge in [0, 0.05) is 5.69 Å². The number of carbonyl (C=O) groups excluding carboxylic acids is 2. The van der Waals surface area contributed by atoms with Crippen LogP contribution in [0.4, 0.5) is 40.8 Å². The lowest BCUT2D eigenvalue weighted by Crippen LogP contribution is -2.69. The molecule has 0 saturated heterocycles. The summed E-state index contributed by atoms with van der Waals surface area (Å²) in [5, 5.41) is 2.64. The van der Waals surface area contributed by atoms with Gasteiger partial charge >= 0.3 is 24.0 Å². The van der Waals surface area contributed by atoms with Crippen molar-refractivity contribution in [2.24, 2.45) is 0 Å². The summed E-state index contributed by atoms with van der Waals surface area (Å²) < 4.78 is 113. The highest BCUT2D eigenvalue weighted by molar-refractivity contribution is 6.00. The van der Waals surface area contributed by atoms with E-state index in [0.29, 0.717) is 18.2 Å². The molecule has 0 aromatic heterocycles. The van der Waals surface area contributed by atoms with E-state index < -0.39 is 64.9 Å². The highest BCUT2D eigenvalue weighted by Gasteiger charge is 2.64. The number of ether oxygens (including phenoxy) is 1. The van der Waals surface area contributed by atoms with Gasteiger partial charge < -0.3 is 15.4 Å². The van der Waals surface area contributed by atoms with Crippen LogP contribution in [0.15, 0.2) is 42.5 Å². The molecular weight excluding hydrogens is 456 g/mol. The van der Waals surface area contributed by atoms with Gasteiger partial charge in [-0.1, -0.05) is 12.1 Å². The van der Waals surface area contributed by atoms with E-state index in [0.717, 1.165) is 30.4 Å². The van der Waals surface area contributed by atoms with E-state index in [1.54, 1.807) is 0 Å². The lowest BCUT2D eigenvalue weighted by Gasteiger charge is -2.35. The number of halogens is 8. The molecule has 174 valence electrons. The molecular formula is C19H14F8N2O3. The molecule has 0 fully saturated rings. The van der Waals surface area contributed by atoms with Crippen LogP contribution >= 0.6 is 0 Å². The van der Waals surface area contributed by atoms with Gasteiger partial charge in [0.15, 0.2) is 0 Å². The summed E-state index contributed by atoms with van der Waals surface area (Å²) in [6, 6.07) is 4.30. The van der Waals surface area contributed by atoms with Crippen LogP contribution in [0.1, 0.15) is 22.8 Å². The fraction of sp³-hybridized carbons (Fsp3) is 0.263. The zero-order valence-electron chi connectivity index (χ0n) is 16.0. The van der Waals surface area contributed by atoms with Crippen molar-refractivity contribution in [1.29, 1.82) is 0 Å². The maximum Gasteiger partial charge on any atom is 0.441 e. The molecule has 0 heterocycles. The number of amides is 1. The van der Waals surface area contributed by atoms with Gasteiger partial charge in [-0.15, -0.1) is 0 Å². The first-order valence-electron chi connectivity index (χ1n) is 8.69. The first kappa shape index (κ1) is 24.9. The van der Waals surface area contributed by atoms with Crippen molar-refractivity contribution in [2.45, 2.75) is 24.9 Å². The molecule has 0 radical (unpaired) electrons. The Kier molecular flexibility index (Phi) is 7.00. The number of rotatable bonds is 6. The van der Waals surface area contributed by atoms with E-state index in [1.165, 1.54) is 5.32 Å². The molecule has 13 heteroatoms. The van der Waals surface area contributed by atoms with Gasteiger partial charge in [0.05, 0.1) is 12.2 Å². The van der Waals surface area contributed by atoms with E-state index in [9.17, 15) is 44.7 Å². The number of hydrogen-bond donors (Lipinski definition) is 2. The summed E-state index contributed by atoms with van der Waals surface area (Å²) in [5.74, 6) is -7.26. The minimum absolute atomic E-state index is 0.246. The molecule has 0 aliphatic rings. The largest absolute Gasteiger partial charge is 0.463 e. The molecule has 1 atom stereocenters. The highest BCUT2D eigenvalue weighted by atomic mass is 19.4. The fourth-order valence-electron chi connectivity index (χ4n) is 2.57. The number of alkyl halides is 6. The molecule has 32 heavy (non-hydrogen) atoms. The maximum atomic E-state index is 14.1. The van der Waals surface area contributed by atoms with Crippen molar-refractivity contribution in [3.63, 3.8) is 0 Å². The van der Waals surface area contributed by atoms with Crippen molar-refractivity contribution >= 4 is 17.6 Å². The van der Waals surface area contributed by atoms with E-state index >= 15 is 0 Å². The minimum atomic E-state index is -5.73. The standard InChI is InChI=1S/C19H14F8N2O3/c1-2-32-16(31)17(19(25,26)27,28-11-6-3-5-10(9-11)18(22,23)24)29-15(30)14-12(20)7-4-8-13(14)21/h3-9,28H,2H2,1H3,(H,29,30). The quantitative estimate of drug-likeness (QED) is 0.367. The Balaban J connectivity index is 2.62. The average molecular weight is 470 g/mol. The number of esters is 1. The molecule has 0 bridgehead atoms. The summed E-state index contributed by atoms with van der Waals surface area (Å²) >= 11 is 0. The Labute approximate surface area is 175 Å². The second kappa shape index (κ2) is 9.01. The lowest BCUT2D eigenvalue weighted by atomic mass is 10.1. The summed E-state index contributed by atoms with van der Waals surface area (Å²) in [6.07, 6.45) is -10.7. The average Bonchev–Trinajstić information content (AvgIpc) is 2.66. The summed E-state index contributed by atoms with van der Waals surface area (Å²) in [6.45, 7) is 0.506. The van der Waals surface area contributed by atoms with Gasteiger partial charge in [0.25, 0.3) is 5.91 Å². The van der Waals surface area contributed by atoms with E-state index in [4.69, 9.17) is 0 Å². The van der Waals surface area contributed by atoms with Crippen molar-refractivity contribution in [2.75, 3.05) is 11.9 Å². The van der Waals surface area contributed by atoms with Crippen LogP contribution in [0, 0.1) is 11.6 Å². The molecule has 0 aliphatic carbocycles. The van der Waals surface area contributed by atoms with Crippen molar-refractivity contribution in [3.8, 4) is 0 Å². The minimum Gasteiger partial charge on any atom is -0.463 e. The molecule has 0 aliphatic heterocycles. The molecule has 2 rings (SSSR count). The van der Waals surface area contributed by atoms with E-state index in [-0.39, 0.29) is 6.07 Å². The Bertz CT molecular complexity index is 987. The summed E-state index contributed by atoms with van der Waals surface area (Å²) in [4.78, 5) is 24.7. The lowest BCUT2D eigenvalue weighted by molar-refractivity contribution is -0.204. The predicted molar refractivity (Wildman–Crippen MR) is 94.3 cm³/mol. The molecule has 0 saturated carbocycles. The summed E-state index contributed by atoms with van der Waals surface area (Å²) in [7, 11) is 0. The smallest absolute Gasteiger partial charge is 0.441 e. The first-order chi connectivity index (χ1) is 14.7. The van der Waals surface area contributed by atoms with E-state index in [2.05, 4.69) is 4.74 Å². The van der Waals surface area contributed by atoms with Gasteiger partial charge in [-0.3, -0.25) is 4.79 Å². The van der Waals surface area contributed by atoms with Crippen LogP contribution in [0.3, 0.4) is 0 Å². The molecule has 2 aromatic rings. The van der Waals surface area contributed by atoms with Crippen LogP contribution in [0.5, 0.6) is 0 Å². The zero-order chi connectivity index (χ0) is 24.3. The SMILES string of the molecule is CCOC(=O)C(NC(=O)c1c(F)cccc1F)(Nc1cccc(C(F)(F)F)c1)C(F)(F)F. The maximum absolute atomic E-state index is 14.1. The number of anilines is 1. The third kappa shape index (κ3) is 5.08. The van der Waals surface area contributed by atoms with Gasteiger partial charge in [0.2, 0.25) is 0 Å². The normalized spacial score (nSPS) is 13.8. The highest BCUT2D eigenvalue weighted by Crippen LogP contribution is 2.36. The number of hydrogen-bond acceptors (Lipinski definition) is 4. The van der Waals surface area contributed by atoms with Crippen LogP contribution in [0.2, 0.25) is 0 Å². The Hall–Kier alpha value is -3.38. The molecule has 0 spiro atoms. The second-order valence-corrected chi connectivity index (χ2v) is 6.22. The van der Waals surface area contributed by atoms with E-state index in [1.807, 2.05) is 0 Å². The Morgan fingerprint density at radius 3 is 2.00 bits per heavy atom. The third-order valence-electron chi connectivity index (χ3n) is 4.02. The number of nitrogens with one attached hydrogen (secondary N) is 2. The van der Waals surface area contributed by atoms with Gasteiger partial charge in [-0.05, 0) is 37.3 Å². The van der Waals surface area contributed by atoms with Crippen LogP contribution in [0.25, 0.3) is 0 Å². The summed E-state index contributed by atoms with van der Waals surface area (Å²) in [5.41, 5.74) is -7.89. The van der Waals surface area contributed by atoms with Gasteiger partial charge in [-0.25, -0.2) is 13.6 Å². The Morgan fingerprint density at radius 1 is 0.938 bits per heavy atom. The van der Waals surface area contributed by atoms with Crippen molar-refractivity contribution in [1.82, 2.24) is 5.32 Å². The molecule has 2 N–H and O–H groups in total. The van der Waals surface area contributed by atoms with Crippen molar-refractivity contribution in [3.05, 3.63) is 65.2 Å². The van der Waals surface area contributed by atoms with Crippen LogP contribution in [-0.4, -0.2) is 30.3 Å². The topological polar surface area (TPSA) is 67.4 Å². The van der Waals surface area contributed by atoms with Crippen LogP contribution in [-0.2, 0) is 15.7 Å². The van der Waals surface area contributed by atoms with Gasteiger partial charge in [0.1, 0.15) is 17.2 Å². The molecule has 5 nitrogen and oxygen atoms in total.